The molecule has 2 fully saturated rings. The summed E-state index contributed by atoms with van der Waals surface area (Å²) in [4.78, 5) is 30.9. The number of hydrogen-bond acceptors (Lipinski definition) is 7. The monoisotopic (exact) mass is 494 g/mol. The number of ether oxygens (including phenoxy) is 1. The minimum absolute atomic E-state index is 0.0305. The fourth-order valence-electron chi connectivity index (χ4n) is 3.87. The zero-order chi connectivity index (χ0) is 23.6. The predicted octanol–water partition coefficient (Wildman–Crippen LogP) is 3.29. The number of rotatable bonds is 4. The van der Waals surface area contributed by atoms with Gasteiger partial charge in [-0.15, -0.1) is 11.3 Å². The topological polar surface area (TPSA) is 91.7 Å². The molecule has 1 atom stereocenters. The van der Waals surface area contributed by atoms with Crippen LogP contribution in [0, 0.1) is 5.41 Å². The molecular weight excluding hydrogens is 464 g/mol. The molecule has 1 unspecified atom stereocenters. The molecule has 4 heterocycles. The number of amides is 2. The van der Waals surface area contributed by atoms with Gasteiger partial charge in [-0.1, -0.05) is 32.4 Å². The largest absolute Gasteiger partial charge is 0.378 e. The van der Waals surface area contributed by atoms with Crippen molar-refractivity contribution in [3.8, 4) is 0 Å². The number of hydrogen-bond donors (Lipinski definition) is 2. The van der Waals surface area contributed by atoms with E-state index in [9.17, 15) is 9.59 Å². The first kappa shape index (κ1) is 24.0. The van der Waals surface area contributed by atoms with Gasteiger partial charge in [-0.25, -0.2) is 4.79 Å². The third kappa shape index (κ3) is 5.68. The molecule has 2 aliphatic heterocycles. The number of carbonyl (C=O) groups excluding carboxylic acids is 2. The molecule has 4 rings (SSSR count). The average molecular weight is 495 g/mol. The van der Waals surface area contributed by atoms with E-state index in [1.807, 2.05) is 48.8 Å². The van der Waals surface area contributed by atoms with Crippen molar-refractivity contribution >= 4 is 40.7 Å². The second-order valence-electron chi connectivity index (χ2n) is 9.32. The van der Waals surface area contributed by atoms with E-state index in [2.05, 4.69) is 15.7 Å². The van der Waals surface area contributed by atoms with Gasteiger partial charge in [-0.3, -0.25) is 4.79 Å². The first-order valence-corrected chi connectivity index (χ1v) is 12.4. The lowest BCUT2D eigenvalue weighted by atomic mass is 9.96. The van der Waals surface area contributed by atoms with Gasteiger partial charge in [0.25, 0.3) is 5.91 Å². The molecule has 9 nitrogen and oxygen atoms in total. The maximum absolute atomic E-state index is 13.1. The van der Waals surface area contributed by atoms with Crippen LogP contribution in [0.2, 0.25) is 4.34 Å². The van der Waals surface area contributed by atoms with E-state index in [1.165, 1.54) is 16.0 Å². The van der Waals surface area contributed by atoms with Gasteiger partial charge in [0.05, 0.1) is 35.8 Å². The lowest BCUT2D eigenvalue weighted by Gasteiger charge is -2.37. The highest BCUT2D eigenvalue weighted by atomic mass is 35.5. The van der Waals surface area contributed by atoms with Gasteiger partial charge in [0.2, 0.25) is 0 Å². The molecule has 2 aromatic heterocycles. The van der Waals surface area contributed by atoms with E-state index in [4.69, 9.17) is 16.3 Å². The summed E-state index contributed by atoms with van der Waals surface area (Å²) in [5, 5.41) is 11.5. The third-order valence-electron chi connectivity index (χ3n) is 5.72. The first-order valence-electron chi connectivity index (χ1n) is 11.2. The smallest absolute Gasteiger partial charge is 0.320 e. The van der Waals surface area contributed by atoms with Crippen LogP contribution in [-0.2, 0) is 11.3 Å². The predicted molar refractivity (Wildman–Crippen MR) is 129 cm³/mol. The number of aromatic nitrogens is 2. The lowest BCUT2D eigenvalue weighted by Crippen LogP contribution is -2.54. The summed E-state index contributed by atoms with van der Waals surface area (Å²) < 4.78 is 7.55. The Morgan fingerprint density at radius 2 is 2.00 bits per heavy atom. The van der Waals surface area contributed by atoms with Crippen LogP contribution in [0.5, 0.6) is 0 Å². The van der Waals surface area contributed by atoms with E-state index >= 15 is 0 Å². The fourth-order valence-corrected chi connectivity index (χ4v) is 4.90. The van der Waals surface area contributed by atoms with Gasteiger partial charge in [0.1, 0.15) is 5.82 Å². The van der Waals surface area contributed by atoms with Gasteiger partial charge in [0.15, 0.2) is 0 Å². The number of urea groups is 1. The van der Waals surface area contributed by atoms with Crippen LogP contribution < -0.4 is 10.6 Å². The Balaban J connectivity index is 1.52. The van der Waals surface area contributed by atoms with Crippen LogP contribution in [0.1, 0.15) is 42.2 Å². The Bertz CT molecular complexity index is 995. The Morgan fingerprint density at radius 1 is 1.24 bits per heavy atom. The molecule has 0 spiro atoms. The highest BCUT2D eigenvalue weighted by Crippen LogP contribution is 2.27. The average Bonchev–Trinajstić information content (AvgIpc) is 3.42. The number of piperazine rings is 1. The maximum Gasteiger partial charge on any atom is 0.320 e. The summed E-state index contributed by atoms with van der Waals surface area (Å²) in [5.41, 5.74) is 0.142. The quantitative estimate of drug-likeness (QED) is 0.677. The second kappa shape index (κ2) is 10.0. The van der Waals surface area contributed by atoms with Crippen LogP contribution in [0.4, 0.5) is 10.6 Å². The Kier molecular flexibility index (Phi) is 7.28. The standard InChI is InChI=1S/C22H31ClN6O3S/c1-22(2,3)20(30)29-19(25-13-15-4-5-18(23)33-15)12-16(26-29)17-14-28(7-6-24-17)21(31)27-8-10-32-11-9-27/h4-5,12,17,24-25H,6-11,13-14H2,1-3H3. The number of nitrogens with zero attached hydrogens (tertiary/aromatic N) is 4. The first-order chi connectivity index (χ1) is 15.7. The number of thiophene rings is 1. The number of nitrogens with one attached hydrogen (secondary N) is 2. The molecule has 180 valence electrons. The zero-order valence-corrected chi connectivity index (χ0v) is 20.8. The number of morpholine rings is 1. The summed E-state index contributed by atoms with van der Waals surface area (Å²) in [7, 11) is 0. The molecule has 0 aliphatic carbocycles. The summed E-state index contributed by atoms with van der Waals surface area (Å²) >= 11 is 7.55. The van der Waals surface area contributed by atoms with E-state index in [0.29, 0.717) is 58.3 Å². The molecule has 2 amide bonds. The molecule has 2 N–H and O–H groups in total. The molecule has 2 saturated heterocycles. The SMILES string of the molecule is CC(C)(C)C(=O)n1nc(C2CN(C(=O)N3CCOCC3)CCN2)cc1NCc1ccc(Cl)s1. The van der Waals surface area contributed by atoms with Crippen molar-refractivity contribution in [3.63, 3.8) is 0 Å². The second-order valence-corrected chi connectivity index (χ2v) is 11.1. The maximum atomic E-state index is 13.1. The van der Waals surface area contributed by atoms with Crippen molar-refractivity contribution in [2.45, 2.75) is 33.4 Å². The number of halogens is 1. The van der Waals surface area contributed by atoms with Gasteiger partial charge >= 0.3 is 6.03 Å². The molecule has 0 bridgehead atoms. The molecule has 2 aliphatic rings. The van der Waals surface area contributed by atoms with Crippen molar-refractivity contribution in [2.24, 2.45) is 5.41 Å². The zero-order valence-electron chi connectivity index (χ0n) is 19.3. The Morgan fingerprint density at radius 3 is 2.67 bits per heavy atom. The van der Waals surface area contributed by atoms with E-state index in [1.54, 1.807) is 0 Å². The van der Waals surface area contributed by atoms with Crippen LogP contribution in [0.25, 0.3) is 0 Å². The minimum Gasteiger partial charge on any atom is -0.378 e. The highest BCUT2D eigenvalue weighted by Gasteiger charge is 2.32. The van der Waals surface area contributed by atoms with Crippen LogP contribution in [0.15, 0.2) is 18.2 Å². The number of carbonyl (C=O) groups is 2. The van der Waals surface area contributed by atoms with E-state index in [-0.39, 0.29) is 18.0 Å². The summed E-state index contributed by atoms with van der Waals surface area (Å²) in [6.07, 6.45) is 0. The molecular formula is C22H31ClN6O3S. The third-order valence-corrected chi connectivity index (χ3v) is 6.95. The van der Waals surface area contributed by atoms with E-state index < -0.39 is 5.41 Å². The van der Waals surface area contributed by atoms with Gasteiger partial charge in [0, 0.05) is 49.1 Å². The van der Waals surface area contributed by atoms with Crippen LogP contribution in [-0.4, -0.2) is 77.5 Å². The molecule has 2 aromatic rings. The Labute approximate surface area is 203 Å². The van der Waals surface area contributed by atoms with Gasteiger partial charge in [-0.2, -0.15) is 9.78 Å². The van der Waals surface area contributed by atoms with Crippen LogP contribution >= 0.6 is 22.9 Å². The molecule has 0 saturated carbocycles. The van der Waals surface area contributed by atoms with Gasteiger partial charge < -0.3 is 25.2 Å². The summed E-state index contributed by atoms with van der Waals surface area (Å²) in [6, 6.07) is 5.60. The Hall–Kier alpha value is -2.14. The van der Waals surface area contributed by atoms with Crippen molar-refractivity contribution in [3.05, 3.63) is 33.1 Å². The summed E-state index contributed by atoms with van der Waals surface area (Å²) in [5.74, 6) is 0.533. The van der Waals surface area contributed by atoms with Crippen molar-refractivity contribution in [2.75, 3.05) is 51.3 Å². The fraction of sp³-hybridized carbons (Fsp3) is 0.591. The molecule has 0 aromatic carbocycles. The molecule has 11 heteroatoms. The summed E-state index contributed by atoms with van der Waals surface area (Å²) in [6.45, 7) is 10.3. The van der Waals surface area contributed by atoms with Gasteiger partial charge in [-0.05, 0) is 12.1 Å². The molecule has 33 heavy (non-hydrogen) atoms. The lowest BCUT2D eigenvalue weighted by molar-refractivity contribution is 0.0406. The molecule has 0 radical (unpaired) electrons. The van der Waals surface area contributed by atoms with Crippen molar-refractivity contribution in [1.82, 2.24) is 24.9 Å². The van der Waals surface area contributed by atoms with E-state index in [0.717, 1.165) is 14.9 Å². The normalized spacial score (nSPS) is 19.6. The van der Waals surface area contributed by atoms with Crippen molar-refractivity contribution < 1.29 is 14.3 Å². The minimum atomic E-state index is -0.593. The number of anilines is 1. The van der Waals surface area contributed by atoms with Crippen LogP contribution in [0.3, 0.4) is 0 Å². The highest BCUT2D eigenvalue weighted by molar-refractivity contribution is 7.16. The van der Waals surface area contributed by atoms with Crippen molar-refractivity contribution in [1.29, 1.82) is 0 Å².